The van der Waals surface area contributed by atoms with Crippen LogP contribution in [0.1, 0.15) is 61.1 Å². The lowest BCUT2D eigenvalue weighted by Crippen LogP contribution is -1.95. The topological polar surface area (TPSA) is 0 Å². The molecule has 90 valence electrons. The van der Waals surface area contributed by atoms with E-state index in [1.54, 1.807) is 0 Å². The van der Waals surface area contributed by atoms with Crippen molar-refractivity contribution in [1.29, 1.82) is 0 Å². The summed E-state index contributed by atoms with van der Waals surface area (Å²) in [6.07, 6.45) is 6.28. The first kappa shape index (κ1) is 13.6. The van der Waals surface area contributed by atoms with Gasteiger partial charge in [0.25, 0.3) is 0 Å². The molecule has 1 heteroatoms. The zero-order valence-corrected chi connectivity index (χ0v) is 11.5. The summed E-state index contributed by atoms with van der Waals surface area (Å²) in [5.74, 6) is 0. The number of alkyl halides is 1. The Hall–Kier alpha value is -0.490. The van der Waals surface area contributed by atoms with E-state index < -0.39 is 0 Å². The van der Waals surface area contributed by atoms with E-state index in [1.807, 2.05) is 0 Å². The average Bonchev–Trinajstić information content (AvgIpc) is 2.24. The van der Waals surface area contributed by atoms with Crippen molar-refractivity contribution in [2.75, 3.05) is 0 Å². The minimum Gasteiger partial charge on any atom is -0.118 e. The first-order valence-electron chi connectivity index (χ1n) is 6.36. The predicted octanol–water partition coefficient (Wildman–Crippen LogP) is 5.55. The summed E-state index contributed by atoms with van der Waals surface area (Å²) >= 11 is 6.44. The van der Waals surface area contributed by atoms with E-state index in [0.29, 0.717) is 0 Å². The third kappa shape index (κ3) is 4.17. The zero-order chi connectivity index (χ0) is 12.0. The van der Waals surface area contributed by atoms with Gasteiger partial charge in [-0.1, -0.05) is 56.4 Å². The van der Waals surface area contributed by atoms with Gasteiger partial charge in [0.05, 0.1) is 5.38 Å². The van der Waals surface area contributed by atoms with Crippen LogP contribution in [0.4, 0.5) is 0 Å². The summed E-state index contributed by atoms with van der Waals surface area (Å²) in [6.45, 7) is 6.52. The number of unbranched alkanes of at least 4 members (excludes halogenated alkanes) is 3. The number of aryl methyl sites for hydroxylation is 2. The minimum absolute atomic E-state index is 0.192. The van der Waals surface area contributed by atoms with Crippen LogP contribution in [0, 0.1) is 13.8 Å². The standard InChI is InChI=1S/C15H23Cl/c1-4-5-6-7-8-15(16)14-10-9-12(2)11-13(14)3/h9-11,15H,4-8H2,1-3H3. The molecular weight excluding hydrogens is 216 g/mol. The van der Waals surface area contributed by atoms with Crippen molar-refractivity contribution in [3.05, 3.63) is 34.9 Å². The highest BCUT2D eigenvalue weighted by Gasteiger charge is 2.09. The van der Waals surface area contributed by atoms with Gasteiger partial charge in [-0.3, -0.25) is 0 Å². The van der Waals surface area contributed by atoms with Gasteiger partial charge in [-0.05, 0) is 31.4 Å². The third-order valence-electron chi connectivity index (χ3n) is 3.07. The highest BCUT2D eigenvalue weighted by atomic mass is 35.5. The fourth-order valence-electron chi connectivity index (χ4n) is 2.08. The van der Waals surface area contributed by atoms with Crippen LogP contribution in [-0.4, -0.2) is 0 Å². The summed E-state index contributed by atoms with van der Waals surface area (Å²) in [4.78, 5) is 0. The maximum absolute atomic E-state index is 6.44. The summed E-state index contributed by atoms with van der Waals surface area (Å²) in [7, 11) is 0. The third-order valence-corrected chi connectivity index (χ3v) is 3.53. The second-order valence-electron chi connectivity index (χ2n) is 4.68. The quantitative estimate of drug-likeness (QED) is 0.450. The lowest BCUT2D eigenvalue weighted by Gasteiger charge is -2.13. The molecule has 0 aliphatic heterocycles. The van der Waals surface area contributed by atoms with Gasteiger partial charge in [-0.15, -0.1) is 11.6 Å². The van der Waals surface area contributed by atoms with Gasteiger partial charge in [0.15, 0.2) is 0 Å². The van der Waals surface area contributed by atoms with Crippen LogP contribution in [0.3, 0.4) is 0 Å². The lowest BCUT2D eigenvalue weighted by molar-refractivity contribution is 0.623. The molecule has 1 atom stereocenters. The monoisotopic (exact) mass is 238 g/mol. The first-order valence-corrected chi connectivity index (χ1v) is 6.80. The molecule has 1 aromatic rings. The summed E-state index contributed by atoms with van der Waals surface area (Å²) < 4.78 is 0. The van der Waals surface area contributed by atoms with E-state index in [-0.39, 0.29) is 5.38 Å². The van der Waals surface area contributed by atoms with Gasteiger partial charge in [-0.25, -0.2) is 0 Å². The van der Waals surface area contributed by atoms with Gasteiger partial charge in [-0.2, -0.15) is 0 Å². The molecule has 0 aliphatic rings. The van der Waals surface area contributed by atoms with E-state index in [2.05, 4.69) is 39.0 Å². The second kappa shape index (κ2) is 6.96. The Morgan fingerprint density at radius 3 is 2.50 bits per heavy atom. The van der Waals surface area contributed by atoms with Crippen LogP contribution < -0.4 is 0 Å². The average molecular weight is 239 g/mol. The Morgan fingerprint density at radius 1 is 1.12 bits per heavy atom. The van der Waals surface area contributed by atoms with Crippen LogP contribution in [0.5, 0.6) is 0 Å². The van der Waals surface area contributed by atoms with E-state index >= 15 is 0 Å². The molecule has 0 radical (unpaired) electrons. The number of halogens is 1. The van der Waals surface area contributed by atoms with Crippen molar-refractivity contribution >= 4 is 11.6 Å². The fourth-order valence-corrected chi connectivity index (χ4v) is 2.48. The number of hydrogen-bond acceptors (Lipinski definition) is 0. The van der Waals surface area contributed by atoms with Crippen LogP contribution in [0.25, 0.3) is 0 Å². The first-order chi connectivity index (χ1) is 7.65. The molecule has 0 bridgehead atoms. The van der Waals surface area contributed by atoms with Crippen LogP contribution >= 0.6 is 11.6 Å². The van der Waals surface area contributed by atoms with Crippen LogP contribution in [-0.2, 0) is 0 Å². The number of rotatable bonds is 6. The minimum atomic E-state index is 0.192. The number of benzene rings is 1. The Balaban J connectivity index is 2.49. The molecular formula is C15H23Cl. The normalized spacial score (nSPS) is 12.8. The molecule has 0 aliphatic carbocycles. The van der Waals surface area contributed by atoms with Crippen molar-refractivity contribution in [3.63, 3.8) is 0 Å². The van der Waals surface area contributed by atoms with Crippen LogP contribution in [0.2, 0.25) is 0 Å². The molecule has 0 aromatic heterocycles. The van der Waals surface area contributed by atoms with Crippen molar-refractivity contribution in [3.8, 4) is 0 Å². The Kier molecular flexibility index (Phi) is 5.90. The predicted molar refractivity (Wildman–Crippen MR) is 73.3 cm³/mol. The Bertz CT molecular complexity index is 317. The maximum atomic E-state index is 6.44. The summed E-state index contributed by atoms with van der Waals surface area (Å²) in [6, 6.07) is 6.56. The van der Waals surface area contributed by atoms with E-state index in [9.17, 15) is 0 Å². The molecule has 1 rings (SSSR count). The van der Waals surface area contributed by atoms with Crippen molar-refractivity contribution in [2.45, 2.75) is 58.3 Å². The number of hydrogen-bond donors (Lipinski definition) is 0. The molecule has 0 heterocycles. The van der Waals surface area contributed by atoms with Gasteiger partial charge in [0.1, 0.15) is 0 Å². The Morgan fingerprint density at radius 2 is 1.88 bits per heavy atom. The smallest absolute Gasteiger partial charge is 0.0587 e. The van der Waals surface area contributed by atoms with Gasteiger partial charge >= 0.3 is 0 Å². The molecule has 0 saturated heterocycles. The highest BCUT2D eigenvalue weighted by Crippen LogP contribution is 2.29. The molecule has 0 amide bonds. The molecule has 0 spiro atoms. The van der Waals surface area contributed by atoms with E-state index in [4.69, 9.17) is 11.6 Å². The highest BCUT2D eigenvalue weighted by molar-refractivity contribution is 6.20. The van der Waals surface area contributed by atoms with Crippen LogP contribution in [0.15, 0.2) is 18.2 Å². The zero-order valence-electron chi connectivity index (χ0n) is 10.7. The molecule has 1 unspecified atom stereocenters. The summed E-state index contributed by atoms with van der Waals surface area (Å²) in [5.41, 5.74) is 3.95. The maximum Gasteiger partial charge on any atom is 0.0587 e. The van der Waals surface area contributed by atoms with Gasteiger partial charge < -0.3 is 0 Å². The van der Waals surface area contributed by atoms with Gasteiger partial charge in [0.2, 0.25) is 0 Å². The van der Waals surface area contributed by atoms with Gasteiger partial charge in [0, 0.05) is 0 Å². The largest absolute Gasteiger partial charge is 0.118 e. The molecule has 0 saturated carbocycles. The summed E-state index contributed by atoms with van der Waals surface area (Å²) in [5, 5.41) is 0.192. The lowest BCUT2D eigenvalue weighted by atomic mass is 9.99. The van der Waals surface area contributed by atoms with Crippen molar-refractivity contribution in [2.24, 2.45) is 0 Å². The molecule has 1 aromatic carbocycles. The SMILES string of the molecule is CCCCCCC(Cl)c1ccc(C)cc1C. The molecule has 0 fully saturated rings. The second-order valence-corrected chi connectivity index (χ2v) is 5.20. The van der Waals surface area contributed by atoms with E-state index in [0.717, 1.165) is 6.42 Å². The fraction of sp³-hybridized carbons (Fsp3) is 0.600. The molecule has 16 heavy (non-hydrogen) atoms. The molecule has 0 nitrogen and oxygen atoms in total. The molecule has 0 N–H and O–H groups in total. The van der Waals surface area contributed by atoms with Crippen molar-refractivity contribution < 1.29 is 0 Å². The van der Waals surface area contributed by atoms with Crippen molar-refractivity contribution in [1.82, 2.24) is 0 Å². The van der Waals surface area contributed by atoms with E-state index in [1.165, 1.54) is 42.4 Å². The Labute approximate surface area is 105 Å².